The Bertz CT molecular complexity index is 1360. The van der Waals surface area contributed by atoms with Crippen LogP contribution in [0.15, 0.2) is 47.3 Å². The average Bonchev–Trinajstić information content (AvgIpc) is 2.72. The van der Waals surface area contributed by atoms with E-state index in [0.29, 0.717) is 39.6 Å². The van der Waals surface area contributed by atoms with Crippen molar-refractivity contribution in [3.63, 3.8) is 0 Å². The molecule has 0 atom stereocenters. The van der Waals surface area contributed by atoms with Crippen molar-refractivity contribution < 1.29 is 4.79 Å². The van der Waals surface area contributed by atoms with Gasteiger partial charge in [0.25, 0.3) is 11.5 Å². The van der Waals surface area contributed by atoms with Crippen molar-refractivity contribution in [3.8, 4) is 0 Å². The number of benzene rings is 2. The molecule has 0 aliphatic rings. The van der Waals surface area contributed by atoms with Gasteiger partial charge in [0.15, 0.2) is 0 Å². The number of pyridine rings is 1. The van der Waals surface area contributed by atoms with Gasteiger partial charge in [-0.1, -0.05) is 30.7 Å². The van der Waals surface area contributed by atoms with Gasteiger partial charge >= 0.3 is 0 Å². The first-order chi connectivity index (χ1) is 14.9. The zero-order chi connectivity index (χ0) is 22.1. The third kappa shape index (κ3) is 4.30. The summed E-state index contributed by atoms with van der Waals surface area (Å²) in [5, 5.41) is 1.89. The quantitative estimate of drug-likeness (QED) is 0.489. The number of rotatable bonds is 5. The van der Waals surface area contributed by atoms with Gasteiger partial charge in [-0.05, 0) is 56.2 Å². The molecule has 0 fully saturated rings. The number of nitrogens with zero attached hydrogens (tertiary/aromatic N) is 3. The van der Waals surface area contributed by atoms with E-state index in [1.165, 1.54) is 0 Å². The lowest BCUT2D eigenvalue weighted by molar-refractivity contribution is 0.0738. The second kappa shape index (κ2) is 8.47. The highest BCUT2D eigenvalue weighted by molar-refractivity contribution is 6.31. The minimum atomic E-state index is -0.250. The van der Waals surface area contributed by atoms with E-state index in [-0.39, 0.29) is 18.0 Å². The highest BCUT2D eigenvalue weighted by atomic mass is 35.5. The van der Waals surface area contributed by atoms with Crippen LogP contribution in [0.1, 0.15) is 40.8 Å². The molecule has 2 aromatic heterocycles. The second-order valence-corrected chi connectivity index (χ2v) is 8.15. The standard InChI is InChI=1S/C24H23ClN4O2/c1-4-9-29(13-22-27-21-12-17(25)7-8-18(21)23(30)28-22)24(31)19-11-16-6-5-14(2)10-20(16)26-15(19)3/h5-8,10-12H,4,9,13H2,1-3H3,(H,27,28,30). The maximum absolute atomic E-state index is 13.4. The Morgan fingerprint density at radius 3 is 2.65 bits per heavy atom. The molecule has 4 rings (SSSR count). The van der Waals surface area contributed by atoms with Gasteiger partial charge in [0, 0.05) is 17.0 Å². The molecule has 6 nitrogen and oxygen atoms in total. The first kappa shape index (κ1) is 21.0. The lowest BCUT2D eigenvalue weighted by Gasteiger charge is -2.22. The van der Waals surface area contributed by atoms with Crippen molar-refractivity contribution in [3.05, 3.63) is 80.5 Å². The van der Waals surface area contributed by atoms with E-state index in [1.54, 1.807) is 23.1 Å². The predicted octanol–water partition coefficient (Wildman–Crippen LogP) is 4.79. The summed E-state index contributed by atoms with van der Waals surface area (Å²) >= 11 is 6.06. The van der Waals surface area contributed by atoms with E-state index in [0.717, 1.165) is 22.9 Å². The van der Waals surface area contributed by atoms with Gasteiger partial charge in [0.2, 0.25) is 0 Å². The van der Waals surface area contributed by atoms with Crippen LogP contribution in [0.5, 0.6) is 0 Å². The maximum Gasteiger partial charge on any atom is 0.258 e. The van der Waals surface area contributed by atoms with E-state index in [9.17, 15) is 9.59 Å². The molecule has 4 aromatic rings. The van der Waals surface area contributed by atoms with Gasteiger partial charge in [-0.25, -0.2) is 4.98 Å². The first-order valence-electron chi connectivity index (χ1n) is 10.2. The summed E-state index contributed by atoms with van der Waals surface area (Å²) in [6, 6.07) is 12.8. The number of aromatic amines is 1. The molecule has 31 heavy (non-hydrogen) atoms. The van der Waals surface area contributed by atoms with Crippen LogP contribution in [0.3, 0.4) is 0 Å². The smallest absolute Gasteiger partial charge is 0.258 e. The molecule has 0 saturated carbocycles. The molecule has 7 heteroatoms. The Morgan fingerprint density at radius 2 is 1.87 bits per heavy atom. The van der Waals surface area contributed by atoms with E-state index < -0.39 is 0 Å². The zero-order valence-electron chi connectivity index (χ0n) is 17.7. The Morgan fingerprint density at radius 1 is 1.06 bits per heavy atom. The van der Waals surface area contributed by atoms with Crippen molar-refractivity contribution in [2.24, 2.45) is 0 Å². The van der Waals surface area contributed by atoms with Crippen LogP contribution in [0, 0.1) is 13.8 Å². The van der Waals surface area contributed by atoms with Crippen LogP contribution in [-0.2, 0) is 6.54 Å². The molecule has 0 bridgehead atoms. The number of carbonyl (C=O) groups is 1. The number of aryl methyl sites for hydroxylation is 2. The van der Waals surface area contributed by atoms with Crippen LogP contribution in [0.25, 0.3) is 21.8 Å². The number of nitrogens with one attached hydrogen (secondary N) is 1. The molecule has 158 valence electrons. The fraction of sp³-hybridized carbons (Fsp3) is 0.250. The van der Waals surface area contributed by atoms with Gasteiger partial charge < -0.3 is 9.88 Å². The predicted molar refractivity (Wildman–Crippen MR) is 124 cm³/mol. The molecule has 1 N–H and O–H groups in total. The van der Waals surface area contributed by atoms with Gasteiger partial charge in [-0.2, -0.15) is 0 Å². The van der Waals surface area contributed by atoms with Gasteiger partial charge in [-0.15, -0.1) is 0 Å². The minimum absolute atomic E-state index is 0.136. The van der Waals surface area contributed by atoms with Crippen molar-refractivity contribution in [1.29, 1.82) is 0 Å². The van der Waals surface area contributed by atoms with Crippen molar-refractivity contribution in [2.75, 3.05) is 6.54 Å². The van der Waals surface area contributed by atoms with E-state index in [1.807, 2.05) is 45.0 Å². The largest absolute Gasteiger partial charge is 0.331 e. The van der Waals surface area contributed by atoms with Crippen LogP contribution < -0.4 is 5.56 Å². The summed E-state index contributed by atoms with van der Waals surface area (Å²) in [7, 11) is 0. The normalized spacial score (nSPS) is 11.2. The number of halogens is 1. The van der Waals surface area contributed by atoms with Gasteiger partial charge in [-0.3, -0.25) is 14.6 Å². The van der Waals surface area contributed by atoms with Gasteiger partial charge in [0.1, 0.15) is 5.82 Å². The van der Waals surface area contributed by atoms with Crippen LogP contribution >= 0.6 is 11.6 Å². The molecule has 0 aliphatic heterocycles. The Kier molecular flexibility index (Phi) is 5.74. The summed E-state index contributed by atoms with van der Waals surface area (Å²) in [4.78, 5) is 39.5. The third-order valence-corrected chi connectivity index (χ3v) is 5.47. The van der Waals surface area contributed by atoms with E-state index in [4.69, 9.17) is 11.6 Å². The summed E-state index contributed by atoms with van der Waals surface area (Å²) < 4.78 is 0. The van der Waals surface area contributed by atoms with Gasteiger partial charge in [0.05, 0.1) is 34.2 Å². The maximum atomic E-state index is 13.4. The number of hydrogen-bond acceptors (Lipinski definition) is 4. The van der Waals surface area contributed by atoms with Crippen molar-refractivity contribution in [1.82, 2.24) is 19.9 Å². The van der Waals surface area contributed by atoms with E-state index >= 15 is 0 Å². The molecule has 0 radical (unpaired) electrons. The monoisotopic (exact) mass is 434 g/mol. The number of H-pyrrole nitrogens is 1. The molecule has 0 aliphatic carbocycles. The average molecular weight is 435 g/mol. The highest BCUT2D eigenvalue weighted by Gasteiger charge is 2.20. The molecule has 2 heterocycles. The fourth-order valence-corrected chi connectivity index (χ4v) is 3.87. The fourth-order valence-electron chi connectivity index (χ4n) is 3.70. The molecule has 2 aromatic carbocycles. The molecule has 1 amide bonds. The van der Waals surface area contributed by atoms with E-state index in [2.05, 4.69) is 15.0 Å². The Balaban J connectivity index is 1.71. The third-order valence-electron chi connectivity index (χ3n) is 5.23. The molecular weight excluding hydrogens is 412 g/mol. The van der Waals surface area contributed by atoms with Crippen molar-refractivity contribution >= 4 is 39.3 Å². The highest BCUT2D eigenvalue weighted by Crippen LogP contribution is 2.20. The Hall–Kier alpha value is -3.25. The number of carbonyl (C=O) groups excluding carboxylic acids is 1. The summed E-state index contributed by atoms with van der Waals surface area (Å²) in [6.45, 7) is 6.59. The lowest BCUT2D eigenvalue weighted by atomic mass is 10.1. The molecule has 0 unspecified atom stereocenters. The lowest BCUT2D eigenvalue weighted by Crippen LogP contribution is -2.33. The zero-order valence-corrected chi connectivity index (χ0v) is 18.5. The second-order valence-electron chi connectivity index (χ2n) is 7.72. The van der Waals surface area contributed by atoms with Crippen LogP contribution in [0.2, 0.25) is 5.02 Å². The van der Waals surface area contributed by atoms with Crippen molar-refractivity contribution in [2.45, 2.75) is 33.7 Å². The summed E-state index contributed by atoms with van der Waals surface area (Å²) in [5.74, 6) is 0.284. The molecule has 0 saturated heterocycles. The number of hydrogen-bond donors (Lipinski definition) is 1. The molecule has 0 spiro atoms. The number of aromatic nitrogens is 3. The SMILES string of the molecule is CCCN(Cc1nc2cc(Cl)ccc2c(=O)[nH]1)C(=O)c1cc2ccc(C)cc2nc1C. The summed E-state index contributed by atoms with van der Waals surface area (Å²) in [5.41, 5.74) is 3.48. The number of amides is 1. The topological polar surface area (TPSA) is 79.0 Å². The van der Waals surface area contributed by atoms with Crippen LogP contribution in [0.4, 0.5) is 0 Å². The molecular formula is C24H23ClN4O2. The van der Waals surface area contributed by atoms with Crippen LogP contribution in [-0.4, -0.2) is 32.3 Å². The number of fused-ring (bicyclic) bond motifs is 2. The Labute approximate surface area is 184 Å². The minimum Gasteiger partial charge on any atom is -0.331 e. The first-order valence-corrected chi connectivity index (χ1v) is 10.6. The summed E-state index contributed by atoms with van der Waals surface area (Å²) in [6.07, 6.45) is 0.772.